The number of nitrogens with zero attached hydrogens (tertiary/aromatic N) is 6. The zero-order chi connectivity index (χ0) is 23.2. The van der Waals surface area contributed by atoms with E-state index in [1.54, 1.807) is 12.4 Å². The number of rotatable bonds is 8. The monoisotopic (exact) mass is 448 g/mol. The number of anilines is 1. The summed E-state index contributed by atoms with van der Waals surface area (Å²) in [6.45, 7) is 8.03. The molecule has 1 atom stereocenters. The zero-order valence-electron chi connectivity index (χ0n) is 19.8. The fourth-order valence-electron chi connectivity index (χ4n) is 3.79. The minimum Gasteiger partial charge on any atom is -0.493 e. The summed E-state index contributed by atoms with van der Waals surface area (Å²) in [7, 11) is 3.87. The van der Waals surface area contributed by atoms with Gasteiger partial charge in [0.2, 0.25) is 5.95 Å². The van der Waals surface area contributed by atoms with Gasteiger partial charge in [0.1, 0.15) is 18.2 Å². The highest BCUT2D eigenvalue weighted by atomic mass is 16.5. The van der Waals surface area contributed by atoms with E-state index in [-0.39, 0.29) is 6.10 Å². The molecule has 0 N–H and O–H groups in total. The molecule has 0 saturated carbocycles. The van der Waals surface area contributed by atoms with E-state index in [9.17, 15) is 0 Å². The molecule has 2 aromatic heterocycles. The molecule has 0 spiro atoms. The number of hydrogen-bond donors (Lipinski definition) is 0. The van der Waals surface area contributed by atoms with E-state index >= 15 is 0 Å². The van der Waals surface area contributed by atoms with E-state index in [1.165, 1.54) is 11.9 Å². The largest absolute Gasteiger partial charge is 0.493 e. The lowest BCUT2D eigenvalue weighted by molar-refractivity contribution is -0.0349. The summed E-state index contributed by atoms with van der Waals surface area (Å²) in [5.41, 5.74) is 3.82. The van der Waals surface area contributed by atoms with Gasteiger partial charge in [-0.25, -0.2) is 19.9 Å². The smallest absolute Gasteiger partial charge is 0.225 e. The third-order valence-electron chi connectivity index (χ3n) is 5.47. The summed E-state index contributed by atoms with van der Waals surface area (Å²) < 4.78 is 12.3. The van der Waals surface area contributed by atoms with Gasteiger partial charge in [0.15, 0.2) is 0 Å². The molecule has 1 aliphatic heterocycles. The topological polar surface area (TPSA) is 76.5 Å². The maximum atomic E-state index is 6.22. The van der Waals surface area contributed by atoms with Crippen LogP contribution < -0.4 is 9.64 Å². The molecule has 0 bridgehead atoms. The first-order chi connectivity index (χ1) is 16.0. The molecular weight excluding hydrogens is 416 g/mol. The Labute approximate surface area is 195 Å². The first-order valence-corrected chi connectivity index (χ1v) is 11.4. The van der Waals surface area contributed by atoms with Gasteiger partial charge in [0.25, 0.3) is 0 Å². The molecule has 4 rings (SSSR count). The van der Waals surface area contributed by atoms with Crippen LogP contribution in [0.4, 0.5) is 5.95 Å². The van der Waals surface area contributed by atoms with Gasteiger partial charge in [-0.1, -0.05) is 32.0 Å². The number of aromatic nitrogens is 4. The highest BCUT2D eigenvalue weighted by molar-refractivity contribution is 5.64. The number of hydrogen-bond acceptors (Lipinski definition) is 8. The molecule has 3 heterocycles. The van der Waals surface area contributed by atoms with Crippen LogP contribution in [0.2, 0.25) is 0 Å². The lowest BCUT2D eigenvalue weighted by atomic mass is 10.0. The molecule has 0 amide bonds. The summed E-state index contributed by atoms with van der Waals surface area (Å²) in [5, 5.41) is 0. The summed E-state index contributed by atoms with van der Waals surface area (Å²) in [4.78, 5) is 22.0. The predicted molar refractivity (Wildman–Crippen MR) is 128 cm³/mol. The quantitative estimate of drug-likeness (QED) is 0.517. The Morgan fingerprint density at radius 3 is 2.70 bits per heavy atom. The van der Waals surface area contributed by atoms with E-state index in [2.05, 4.69) is 51.9 Å². The van der Waals surface area contributed by atoms with Gasteiger partial charge < -0.3 is 14.4 Å². The second kappa shape index (κ2) is 10.7. The minimum atomic E-state index is -0.181. The number of morpholine rings is 1. The van der Waals surface area contributed by atoms with E-state index in [4.69, 9.17) is 14.5 Å². The average molecular weight is 449 g/mol. The van der Waals surface area contributed by atoms with Crippen molar-refractivity contribution in [1.29, 1.82) is 0 Å². The summed E-state index contributed by atoms with van der Waals surface area (Å²) in [5.74, 6) is 2.09. The lowest BCUT2D eigenvalue weighted by Crippen LogP contribution is -2.38. The Morgan fingerprint density at radius 1 is 1.15 bits per heavy atom. The van der Waals surface area contributed by atoms with Crippen molar-refractivity contribution in [3.05, 3.63) is 60.4 Å². The van der Waals surface area contributed by atoms with Crippen LogP contribution in [0.25, 0.3) is 11.1 Å². The molecular formula is C25H32N6O2. The molecule has 0 aliphatic carbocycles. The maximum absolute atomic E-state index is 6.22. The molecule has 8 nitrogen and oxygen atoms in total. The minimum absolute atomic E-state index is 0.181. The van der Waals surface area contributed by atoms with Gasteiger partial charge in [0.05, 0.1) is 18.9 Å². The lowest BCUT2D eigenvalue weighted by Gasteiger charge is -2.34. The van der Waals surface area contributed by atoms with Crippen LogP contribution in [0.15, 0.2) is 49.2 Å². The van der Waals surface area contributed by atoms with Crippen LogP contribution >= 0.6 is 0 Å². The molecule has 1 aromatic carbocycles. The fraction of sp³-hybridized carbons (Fsp3) is 0.440. The van der Waals surface area contributed by atoms with E-state index in [0.29, 0.717) is 25.1 Å². The van der Waals surface area contributed by atoms with Crippen molar-refractivity contribution < 1.29 is 9.47 Å². The van der Waals surface area contributed by atoms with Gasteiger partial charge in [-0.05, 0) is 12.0 Å². The van der Waals surface area contributed by atoms with Gasteiger partial charge in [-0.3, -0.25) is 4.90 Å². The van der Waals surface area contributed by atoms with Gasteiger partial charge >= 0.3 is 0 Å². The Morgan fingerprint density at radius 2 is 1.94 bits per heavy atom. The molecule has 1 aliphatic rings. The summed E-state index contributed by atoms with van der Waals surface area (Å²) in [6.07, 6.45) is 6.75. The van der Waals surface area contributed by atoms with Crippen LogP contribution in [-0.4, -0.2) is 65.2 Å². The van der Waals surface area contributed by atoms with Crippen LogP contribution in [-0.2, 0) is 11.3 Å². The van der Waals surface area contributed by atoms with E-state index in [1.807, 2.05) is 31.3 Å². The first kappa shape index (κ1) is 23.1. The average Bonchev–Trinajstić information content (AvgIpc) is 2.84. The van der Waals surface area contributed by atoms with Crippen LogP contribution in [0.1, 0.15) is 31.2 Å². The van der Waals surface area contributed by atoms with Crippen LogP contribution in [0.3, 0.4) is 0 Å². The van der Waals surface area contributed by atoms with Gasteiger partial charge in [-0.15, -0.1) is 0 Å². The molecule has 3 aromatic rings. The molecule has 8 heteroatoms. The molecule has 1 saturated heterocycles. The predicted octanol–water partition coefficient (Wildman–Crippen LogP) is 3.61. The Bertz CT molecular complexity index is 1040. The third-order valence-corrected chi connectivity index (χ3v) is 5.47. The molecule has 174 valence electrons. The maximum Gasteiger partial charge on any atom is 0.225 e. The van der Waals surface area contributed by atoms with Crippen molar-refractivity contribution in [1.82, 2.24) is 24.8 Å². The van der Waals surface area contributed by atoms with E-state index in [0.717, 1.165) is 42.2 Å². The Hall–Kier alpha value is -3.10. The highest BCUT2D eigenvalue weighted by Crippen LogP contribution is 2.32. The standard InChI is InChI=1S/C25H32N6O2/c1-18(2)16-33-22-8-6-5-7-19(22)14-31-9-10-32-23(15-31)24-21(20-11-26-17-27-12-20)13-28-25(29-24)30(3)4/h5-8,11-13,17-18,23H,9-10,14-16H2,1-4H3. The van der Waals surface area contributed by atoms with Crippen molar-refractivity contribution in [3.63, 3.8) is 0 Å². The number of benzene rings is 1. The highest BCUT2D eigenvalue weighted by Gasteiger charge is 2.27. The Balaban J connectivity index is 1.57. The molecule has 1 unspecified atom stereocenters. The SMILES string of the molecule is CC(C)COc1ccccc1CN1CCOC(c2nc(N(C)C)ncc2-c2cncnc2)C1. The van der Waals surface area contributed by atoms with Crippen molar-refractivity contribution in [3.8, 4) is 16.9 Å². The number of ether oxygens (including phenoxy) is 2. The summed E-state index contributed by atoms with van der Waals surface area (Å²) >= 11 is 0. The zero-order valence-corrected chi connectivity index (χ0v) is 19.8. The van der Waals surface area contributed by atoms with Crippen molar-refractivity contribution in [2.45, 2.75) is 26.5 Å². The second-order valence-electron chi connectivity index (χ2n) is 8.90. The van der Waals surface area contributed by atoms with Gasteiger partial charge in [-0.2, -0.15) is 0 Å². The Kier molecular flexibility index (Phi) is 7.47. The normalized spacial score (nSPS) is 16.7. The van der Waals surface area contributed by atoms with Crippen molar-refractivity contribution in [2.75, 3.05) is 45.3 Å². The molecule has 0 radical (unpaired) electrons. The summed E-state index contributed by atoms with van der Waals surface area (Å²) in [6, 6.07) is 8.29. The first-order valence-electron chi connectivity index (χ1n) is 11.4. The molecule has 33 heavy (non-hydrogen) atoms. The van der Waals surface area contributed by atoms with Crippen LogP contribution in [0, 0.1) is 5.92 Å². The van der Waals surface area contributed by atoms with Crippen LogP contribution in [0.5, 0.6) is 5.75 Å². The molecule has 1 fully saturated rings. The van der Waals surface area contributed by atoms with Crippen molar-refractivity contribution in [2.24, 2.45) is 5.92 Å². The van der Waals surface area contributed by atoms with Gasteiger partial charge in [0, 0.05) is 69.0 Å². The van der Waals surface area contributed by atoms with Crippen molar-refractivity contribution >= 4 is 5.95 Å². The fourth-order valence-corrected chi connectivity index (χ4v) is 3.79. The van der Waals surface area contributed by atoms with E-state index < -0.39 is 0 Å². The second-order valence-corrected chi connectivity index (χ2v) is 8.90. The third kappa shape index (κ3) is 5.83. The number of para-hydroxylation sites is 1.